The first-order valence-corrected chi connectivity index (χ1v) is 7.78. The van der Waals surface area contributed by atoms with Crippen LogP contribution in [0.3, 0.4) is 0 Å². The average molecular weight is 307 g/mol. The molecule has 1 amide bonds. The zero-order chi connectivity index (χ0) is 15.1. The van der Waals surface area contributed by atoms with Crippen LogP contribution in [0.1, 0.15) is 16.2 Å². The molecule has 2 aromatic heterocycles. The molecule has 0 radical (unpaired) electrons. The summed E-state index contributed by atoms with van der Waals surface area (Å²) < 4.78 is 3.06. The number of carbonyl (C=O) groups is 1. The molecule has 0 unspecified atom stereocenters. The number of hydrogen-bond donors (Lipinski definition) is 1. The molecule has 4 aromatic rings. The molecule has 2 aromatic carbocycles. The summed E-state index contributed by atoms with van der Waals surface area (Å²) in [5.41, 5.74) is 3.13. The van der Waals surface area contributed by atoms with Gasteiger partial charge >= 0.3 is 0 Å². The van der Waals surface area contributed by atoms with Crippen LogP contribution in [0.25, 0.3) is 15.2 Å². The first-order valence-electron chi connectivity index (χ1n) is 6.97. The molecule has 0 aliphatic heterocycles. The number of hydrogen-bond acceptors (Lipinski definition) is 3. The third-order valence-electron chi connectivity index (χ3n) is 3.58. The van der Waals surface area contributed by atoms with Crippen LogP contribution in [0.4, 0.5) is 5.69 Å². The Bertz CT molecular complexity index is 985. The van der Waals surface area contributed by atoms with Crippen molar-refractivity contribution in [3.8, 4) is 0 Å². The van der Waals surface area contributed by atoms with Crippen molar-refractivity contribution in [2.45, 2.75) is 6.92 Å². The molecule has 0 bridgehead atoms. The number of aryl methyl sites for hydroxylation is 1. The molecule has 4 rings (SSSR count). The first kappa shape index (κ1) is 13.0. The van der Waals surface area contributed by atoms with Crippen LogP contribution in [-0.4, -0.2) is 15.3 Å². The Balaban J connectivity index is 1.86. The molecule has 0 fully saturated rings. The van der Waals surface area contributed by atoms with E-state index >= 15 is 0 Å². The predicted molar refractivity (Wildman–Crippen MR) is 89.7 cm³/mol. The van der Waals surface area contributed by atoms with Crippen molar-refractivity contribution in [1.29, 1.82) is 0 Å². The van der Waals surface area contributed by atoms with E-state index in [9.17, 15) is 4.79 Å². The maximum absolute atomic E-state index is 12.7. The van der Waals surface area contributed by atoms with Gasteiger partial charge in [-0.05, 0) is 31.2 Å². The summed E-state index contributed by atoms with van der Waals surface area (Å²) in [7, 11) is 0. The topological polar surface area (TPSA) is 46.4 Å². The molecule has 5 heteroatoms. The maximum Gasteiger partial charge on any atom is 0.274 e. The van der Waals surface area contributed by atoms with Gasteiger partial charge in [-0.2, -0.15) is 0 Å². The second-order valence-electron chi connectivity index (χ2n) is 5.05. The van der Waals surface area contributed by atoms with Crippen LogP contribution in [0, 0.1) is 6.92 Å². The van der Waals surface area contributed by atoms with Crippen molar-refractivity contribution in [1.82, 2.24) is 9.38 Å². The highest BCUT2D eigenvalue weighted by molar-refractivity contribution is 7.23. The van der Waals surface area contributed by atoms with Gasteiger partial charge in [-0.15, -0.1) is 0 Å². The fraction of sp³-hybridized carbons (Fsp3) is 0.0588. The number of nitrogens with one attached hydrogen (secondary N) is 1. The van der Waals surface area contributed by atoms with Gasteiger partial charge in [0.1, 0.15) is 5.69 Å². The lowest BCUT2D eigenvalue weighted by atomic mass is 10.2. The number of rotatable bonds is 2. The van der Waals surface area contributed by atoms with Crippen molar-refractivity contribution >= 4 is 38.1 Å². The molecular weight excluding hydrogens is 294 g/mol. The molecule has 0 aliphatic rings. The van der Waals surface area contributed by atoms with Crippen LogP contribution < -0.4 is 5.32 Å². The highest BCUT2D eigenvalue weighted by Gasteiger charge is 2.20. The van der Waals surface area contributed by atoms with E-state index in [2.05, 4.69) is 10.3 Å². The minimum absolute atomic E-state index is 0.139. The number of para-hydroxylation sites is 2. The number of carbonyl (C=O) groups excluding carboxylic acids is 1. The molecule has 4 nitrogen and oxygen atoms in total. The molecule has 0 atom stereocenters. The number of nitrogens with zero attached hydrogens (tertiary/aromatic N) is 2. The predicted octanol–water partition coefficient (Wildman–Crippen LogP) is 4.11. The van der Waals surface area contributed by atoms with Crippen LogP contribution in [0.5, 0.6) is 0 Å². The number of fused-ring (bicyclic) bond motifs is 3. The van der Waals surface area contributed by atoms with Crippen LogP contribution >= 0.6 is 11.3 Å². The number of amides is 1. The number of thiazole rings is 1. The van der Waals surface area contributed by atoms with E-state index in [0.29, 0.717) is 5.69 Å². The maximum atomic E-state index is 12.7. The zero-order valence-corrected chi connectivity index (χ0v) is 12.7. The van der Waals surface area contributed by atoms with E-state index in [1.54, 1.807) is 11.3 Å². The Morgan fingerprint density at radius 2 is 1.82 bits per heavy atom. The van der Waals surface area contributed by atoms with Crippen molar-refractivity contribution in [3.05, 3.63) is 66.0 Å². The van der Waals surface area contributed by atoms with E-state index in [4.69, 9.17) is 0 Å². The van der Waals surface area contributed by atoms with E-state index in [-0.39, 0.29) is 5.91 Å². The van der Waals surface area contributed by atoms with Gasteiger partial charge in [0.15, 0.2) is 4.96 Å². The average Bonchev–Trinajstić information content (AvgIpc) is 3.02. The molecule has 108 valence electrons. The normalized spacial score (nSPS) is 11.1. The van der Waals surface area contributed by atoms with Crippen molar-refractivity contribution in [2.24, 2.45) is 0 Å². The highest BCUT2D eigenvalue weighted by Crippen LogP contribution is 2.28. The smallest absolute Gasteiger partial charge is 0.274 e. The molecule has 0 spiro atoms. The van der Waals surface area contributed by atoms with Crippen molar-refractivity contribution in [3.63, 3.8) is 0 Å². The van der Waals surface area contributed by atoms with Crippen molar-refractivity contribution in [2.75, 3.05) is 5.32 Å². The fourth-order valence-electron chi connectivity index (χ4n) is 2.60. The Morgan fingerprint density at radius 1 is 1.09 bits per heavy atom. The Labute approximate surface area is 131 Å². The summed E-state index contributed by atoms with van der Waals surface area (Å²) in [4.78, 5) is 18.1. The summed E-state index contributed by atoms with van der Waals surface area (Å²) in [6.45, 7) is 1.87. The number of aromatic nitrogens is 2. The lowest BCUT2D eigenvalue weighted by Gasteiger charge is -2.05. The number of imidazole rings is 1. The quantitative estimate of drug-likeness (QED) is 0.606. The Hall–Kier alpha value is -2.66. The highest BCUT2D eigenvalue weighted by atomic mass is 32.1. The van der Waals surface area contributed by atoms with Gasteiger partial charge < -0.3 is 5.32 Å². The molecule has 0 saturated heterocycles. The molecule has 2 heterocycles. The molecule has 1 N–H and O–H groups in total. The third-order valence-corrected chi connectivity index (χ3v) is 4.60. The molecule has 22 heavy (non-hydrogen) atoms. The standard InChI is InChI=1S/C17H13N3OS/c1-11-15(16(21)19-12-7-3-2-4-8-12)20-13-9-5-6-10-14(13)22-17(20)18-11/h2-10H,1H3,(H,19,21). The third kappa shape index (κ3) is 1.98. The summed E-state index contributed by atoms with van der Waals surface area (Å²) in [5, 5.41) is 2.94. The van der Waals surface area contributed by atoms with Gasteiger partial charge in [0.05, 0.1) is 15.9 Å². The number of benzene rings is 2. The second-order valence-corrected chi connectivity index (χ2v) is 6.06. The minimum Gasteiger partial charge on any atom is -0.321 e. The SMILES string of the molecule is Cc1nc2sc3ccccc3n2c1C(=O)Nc1ccccc1. The zero-order valence-electron chi connectivity index (χ0n) is 11.9. The second kappa shape index (κ2) is 4.96. The molecular formula is C17H13N3OS. The van der Waals surface area contributed by atoms with Gasteiger partial charge in [-0.3, -0.25) is 9.20 Å². The van der Waals surface area contributed by atoms with Gasteiger partial charge in [0, 0.05) is 5.69 Å². The summed E-state index contributed by atoms with van der Waals surface area (Å²) in [6.07, 6.45) is 0. The largest absolute Gasteiger partial charge is 0.321 e. The lowest BCUT2D eigenvalue weighted by molar-refractivity contribution is 0.102. The van der Waals surface area contributed by atoms with Gasteiger partial charge in [0.2, 0.25) is 0 Å². The molecule has 0 saturated carbocycles. The van der Waals surface area contributed by atoms with Gasteiger partial charge in [-0.25, -0.2) is 4.98 Å². The fourth-order valence-corrected chi connectivity index (χ4v) is 3.67. The van der Waals surface area contributed by atoms with E-state index in [0.717, 1.165) is 26.6 Å². The van der Waals surface area contributed by atoms with E-state index < -0.39 is 0 Å². The Morgan fingerprint density at radius 3 is 2.64 bits per heavy atom. The van der Waals surface area contributed by atoms with Crippen molar-refractivity contribution < 1.29 is 4.79 Å². The lowest BCUT2D eigenvalue weighted by Crippen LogP contribution is -2.15. The van der Waals surface area contributed by atoms with Gasteiger partial charge in [0.25, 0.3) is 5.91 Å². The van der Waals surface area contributed by atoms with Crippen LogP contribution in [0.2, 0.25) is 0 Å². The van der Waals surface area contributed by atoms with Gasteiger partial charge in [-0.1, -0.05) is 41.7 Å². The minimum atomic E-state index is -0.139. The number of anilines is 1. The molecule has 0 aliphatic carbocycles. The first-order chi connectivity index (χ1) is 10.7. The van der Waals surface area contributed by atoms with Crippen LogP contribution in [0.15, 0.2) is 54.6 Å². The summed E-state index contributed by atoms with van der Waals surface area (Å²) in [5.74, 6) is -0.139. The van der Waals surface area contributed by atoms with Crippen LogP contribution in [-0.2, 0) is 0 Å². The van der Waals surface area contributed by atoms with E-state index in [1.165, 1.54) is 0 Å². The summed E-state index contributed by atoms with van der Waals surface area (Å²) in [6, 6.07) is 17.5. The van der Waals surface area contributed by atoms with E-state index in [1.807, 2.05) is 65.9 Å². The summed E-state index contributed by atoms with van der Waals surface area (Å²) >= 11 is 1.59. The monoisotopic (exact) mass is 307 g/mol. The Kier molecular flexibility index (Phi) is 2.94.